The molecule has 0 aliphatic carbocycles. The predicted octanol–water partition coefficient (Wildman–Crippen LogP) is 1.73. The molecule has 4 heteroatoms. The lowest BCUT2D eigenvalue weighted by molar-refractivity contribution is 0.680. The molecule has 0 saturated heterocycles. The Labute approximate surface area is 84.7 Å². The topological polar surface area (TPSA) is 34.9 Å². The van der Waals surface area contributed by atoms with E-state index in [1.807, 2.05) is 24.3 Å². The highest BCUT2D eigenvalue weighted by Crippen LogP contribution is 2.12. The van der Waals surface area contributed by atoms with Crippen LogP contribution in [0.25, 0.3) is 11.0 Å². The standard InChI is InChI=1S/C10H10N2OS/c1-2-7-14(13)12-8-11-9-5-3-4-6-10(9)12/h2-6,8H,1,7H2. The van der Waals surface area contributed by atoms with E-state index in [4.69, 9.17) is 0 Å². The first-order valence-electron chi connectivity index (χ1n) is 4.25. The molecular formula is C10H10N2OS. The Morgan fingerprint density at radius 2 is 2.29 bits per heavy atom. The lowest BCUT2D eigenvalue weighted by Crippen LogP contribution is -2.05. The molecule has 0 bridgehead atoms. The summed E-state index contributed by atoms with van der Waals surface area (Å²) < 4.78 is 13.3. The van der Waals surface area contributed by atoms with Gasteiger partial charge in [0.2, 0.25) is 0 Å². The highest BCUT2D eigenvalue weighted by atomic mass is 32.2. The van der Waals surface area contributed by atoms with Gasteiger partial charge in [0.05, 0.1) is 16.8 Å². The third kappa shape index (κ3) is 1.48. The van der Waals surface area contributed by atoms with Gasteiger partial charge in [-0.3, -0.25) is 0 Å². The van der Waals surface area contributed by atoms with Crippen LogP contribution in [-0.4, -0.2) is 18.9 Å². The molecule has 0 aliphatic rings. The number of imidazole rings is 1. The average Bonchev–Trinajstić information content (AvgIpc) is 2.61. The molecule has 1 aromatic heterocycles. The van der Waals surface area contributed by atoms with Crippen molar-refractivity contribution in [3.05, 3.63) is 43.2 Å². The van der Waals surface area contributed by atoms with E-state index in [9.17, 15) is 4.21 Å². The van der Waals surface area contributed by atoms with E-state index in [1.165, 1.54) is 0 Å². The zero-order valence-corrected chi connectivity index (χ0v) is 8.41. The molecule has 2 aromatic rings. The average molecular weight is 206 g/mol. The van der Waals surface area contributed by atoms with E-state index in [2.05, 4.69) is 11.6 Å². The lowest BCUT2D eigenvalue weighted by Gasteiger charge is -1.99. The largest absolute Gasteiger partial charge is 0.247 e. The number of fused-ring (bicyclic) bond motifs is 1. The number of para-hydroxylation sites is 2. The van der Waals surface area contributed by atoms with Crippen LogP contribution in [0.15, 0.2) is 43.2 Å². The number of nitrogens with zero attached hydrogens (tertiary/aromatic N) is 2. The van der Waals surface area contributed by atoms with Gasteiger partial charge in [-0.1, -0.05) is 18.2 Å². The Morgan fingerprint density at radius 1 is 1.50 bits per heavy atom. The van der Waals surface area contributed by atoms with Crippen LogP contribution < -0.4 is 0 Å². The summed E-state index contributed by atoms with van der Waals surface area (Å²) in [6.45, 7) is 3.56. The molecule has 0 saturated carbocycles. The molecule has 14 heavy (non-hydrogen) atoms. The van der Waals surface area contributed by atoms with Gasteiger partial charge >= 0.3 is 0 Å². The van der Waals surface area contributed by atoms with Gasteiger partial charge in [-0.15, -0.1) is 6.58 Å². The Morgan fingerprint density at radius 3 is 3.07 bits per heavy atom. The van der Waals surface area contributed by atoms with E-state index in [-0.39, 0.29) is 0 Å². The summed E-state index contributed by atoms with van der Waals surface area (Å²) in [5, 5.41) is 0. The van der Waals surface area contributed by atoms with Crippen molar-refractivity contribution in [2.75, 3.05) is 5.75 Å². The quantitative estimate of drug-likeness (QED) is 0.717. The van der Waals surface area contributed by atoms with Crippen molar-refractivity contribution in [2.24, 2.45) is 0 Å². The summed E-state index contributed by atoms with van der Waals surface area (Å²) in [5.41, 5.74) is 1.76. The number of rotatable bonds is 3. The number of hydrogen-bond acceptors (Lipinski definition) is 2. The van der Waals surface area contributed by atoms with Crippen molar-refractivity contribution in [2.45, 2.75) is 0 Å². The van der Waals surface area contributed by atoms with Crippen molar-refractivity contribution >= 4 is 22.0 Å². The third-order valence-corrected chi connectivity index (χ3v) is 3.15. The first-order chi connectivity index (χ1) is 6.83. The molecule has 1 atom stereocenters. The van der Waals surface area contributed by atoms with Crippen molar-refractivity contribution in [1.29, 1.82) is 0 Å². The molecule has 0 fully saturated rings. The normalized spacial score (nSPS) is 12.9. The highest BCUT2D eigenvalue weighted by Gasteiger charge is 2.05. The first-order valence-corrected chi connectivity index (χ1v) is 5.52. The molecule has 0 radical (unpaired) electrons. The predicted molar refractivity (Wildman–Crippen MR) is 58.3 cm³/mol. The van der Waals surface area contributed by atoms with Crippen LogP contribution in [0.3, 0.4) is 0 Å². The number of benzene rings is 1. The summed E-state index contributed by atoms with van der Waals surface area (Å²) in [4.78, 5) is 4.16. The van der Waals surface area contributed by atoms with E-state index in [0.29, 0.717) is 5.75 Å². The number of aromatic nitrogens is 2. The van der Waals surface area contributed by atoms with Crippen molar-refractivity contribution < 1.29 is 4.21 Å². The van der Waals surface area contributed by atoms with Crippen LogP contribution in [-0.2, 0) is 11.0 Å². The van der Waals surface area contributed by atoms with Crippen molar-refractivity contribution in [3.8, 4) is 0 Å². The molecule has 1 unspecified atom stereocenters. The first kappa shape index (κ1) is 9.15. The fourth-order valence-electron chi connectivity index (χ4n) is 1.28. The van der Waals surface area contributed by atoms with Crippen LogP contribution in [0.1, 0.15) is 0 Å². The van der Waals surface area contributed by atoms with Gasteiger partial charge in [-0.2, -0.15) is 0 Å². The van der Waals surface area contributed by atoms with Crippen LogP contribution in [0.5, 0.6) is 0 Å². The zero-order valence-electron chi connectivity index (χ0n) is 7.59. The van der Waals surface area contributed by atoms with Gasteiger partial charge in [0.15, 0.2) is 0 Å². The second-order valence-electron chi connectivity index (χ2n) is 2.84. The monoisotopic (exact) mass is 206 g/mol. The maximum Gasteiger partial charge on any atom is 0.129 e. The molecular weight excluding hydrogens is 196 g/mol. The maximum atomic E-state index is 11.7. The minimum Gasteiger partial charge on any atom is -0.247 e. The lowest BCUT2D eigenvalue weighted by atomic mass is 10.3. The second-order valence-corrected chi connectivity index (χ2v) is 4.21. The third-order valence-electron chi connectivity index (χ3n) is 1.90. The van der Waals surface area contributed by atoms with Crippen LogP contribution in [0, 0.1) is 0 Å². The van der Waals surface area contributed by atoms with Gasteiger partial charge in [0, 0.05) is 0 Å². The Kier molecular flexibility index (Phi) is 2.45. The molecule has 1 heterocycles. The van der Waals surface area contributed by atoms with Gasteiger partial charge in [-0.25, -0.2) is 13.2 Å². The summed E-state index contributed by atoms with van der Waals surface area (Å²) in [6, 6.07) is 7.63. The zero-order chi connectivity index (χ0) is 9.97. The van der Waals surface area contributed by atoms with Crippen molar-refractivity contribution in [3.63, 3.8) is 0 Å². The molecule has 2 rings (SSSR count). The second kappa shape index (κ2) is 3.75. The molecule has 0 amide bonds. The fraction of sp³-hybridized carbons (Fsp3) is 0.100. The molecule has 0 N–H and O–H groups in total. The Hall–Kier alpha value is -1.42. The summed E-state index contributed by atoms with van der Waals surface area (Å²) in [7, 11) is -1.09. The number of hydrogen-bond donors (Lipinski definition) is 0. The molecule has 3 nitrogen and oxygen atoms in total. The van der Waals surface area contributed by atoms with Crippen LogP contribution in [0.2, 0.25) is 0 Å². The minimum atomic E-state index is -1.09. The molecule has 0 spiro atoms. The highest BCUT2D eigenvalue weighted by molar-refractivity contribution is 7.83. The SMILES string of the molecule is C=CCS(=O)n1cnc2ccccc21. The van der Waals surface area contributed by atoms with Crippen LogP contribution in [0.4, 0.5) is 0 Å². The minimum absolute atomic E-state index is 0.445. The van der Waals surface area contributed by atoms with E-state index < -0.39 is 11.0 Å². The van der Waals surface area contributed by atoms with Crippen molar-refractivity contribution in [1.82, 2.24) is 8.96 Å². The smallest absolute Gasteiger partial charge is 0.129 e. The van der Waals surface area contributed by atoms with Gasteiger partial charge in [0.1, 0.15) is 17.3 Å². The van der Waals surface area contributed by atoms with Gasteiger partial charge in [0.25, 0.3) is 0 Å². The maximum absolute atomic E-state index is 11.7. The summed E-state index contributed by atoms with van der Waals surface area (Å²) in [6.07, 6.45) is 3.25. The fourth-order valence-corrected chi connectivity index (χ4v) is 2.17. The Bertz CT molecular complexity index is 490. The van der Waals surface area contributed by atoms with Gasteiger partial charge in [-0.05, 0) is 12.1 Å². The molecule has 1 aromatic carbocycles. The Balaban J connectivity index is 2.52. The molecule has 0 aliphatic heterocycles. The van der Waals surface area contributed by atoms with E-state index in [0.717, 1.165) is 11.0 Å². The van der Waals surface area contributed by atoms with E-state index >= 15 is 0 Å². The molecule has 72 valence electrons. The van der Waals surface area contributed by atoms with Crippen LogP contribution >= 0.6 is 0 Å². The summed E-state index contributed by atoms with van der Waals surface area (Å²) >= 11 is 0. The van der Waals surface area contributed by atoms with Gasteiger partial charge < -0.3 is 0 Å². The summed E-state index contributed by atoms with van der Waals surface area (Å²) in [5.74, 6) is 0.445. The van der Waals surface area contributed by atoms with E-state index in [1.54, 1.807) is 16.4 Å².